The molecule has 1 aliphatic heterocycles. The molecule has 0 spiro atoms. The van der Waals surface area contributed by atoms with E-state index >= 15 is 0 Å². The maximum absolute atomic E-state index is 12.6. The molecule has 0 aliphatic carbocycles. The second-order valence-electron chi connectivity index (χ2n) is 5.40. The molecule has 0 bridgehead atoms. The third-order valence-electron chi connectivity index (χ3n) is 3.78. The van der Waals surface area contributed by atoms with Crippen LogP contribution in [0.2, 0.25) is 0 Å². The second-order valence-corrected chi connectivity index (χ2v) is 5.40. The monoisotopic (exact) mass is 354 g/mol. The molecule has 0 saturated heterocycles. The average molecular weight is 354 g/mol. The first kappa shape index (κ1) is 17.3. The zero-order valence-corrected chi connectivity index (χ0v) is 14.4. The Morgan fingerprint density at radius 3 is 2.65 bits per heavy atom. The van der Waals surface area contributed by atoms with Crippen LogP contribution in [0.1, 0.15) is 15.9 Å². The number of fused-ring (bicyclic) bond motifs is 1. The first-order valence-electron chi connectivity index (χ1n) is 7.90. The molecule has 0 fully saturated rings. The predicted molar refractivity (Wildman–Crippen MR) is 95.1 cm³/mol. The van der Waals surface area contributed by atoms with Crippen molar-refractivity contribution >= 4 is 17.9 Å². The molecule has 0 atom stereocenters. The lowest BCUT2D eigenvalue weighted by atomic mass is 10.1. The molecule has 26 heavy (non-hydrogen) atoms. The lowest BCUT2D eigenvalue weighted by Gasteiger charge is -2.11. The van der Waals surface area contributed by atoms with Crippen molar-refractivity contribution in [2.24, 2.45) is 0 Å². The Kier molecular flexibility index (Phi) is 5.07. The van der Waals surface area contributed by atoms with Gasteiger partial charge in [0.25, 0.3) is 11.8 Å². The number of likely N-dealkylation sites (N-methyl/N-ethyl adjacent to an activating group) is 1. The molecule has 1 heterocycles. The molecule has 0 saturated carbocycles. The van der Waals surface area contributed by atoms with Crippen molar-refractivity contribution in [2.45, 2.75) is 0 Å². The summed E-state index contributed by atoms with van der Waals surface area (Å²) in [5.74, 6) is 0.779. The number of methoxy groups -OCH3 is 1. The van der Waals surface area contributed by atoms with Crippen LogP contribution in [0.25, 0.3) is 6.08 Å². The molecule has 2 amide bonds. The SMILES string of the molecule is CNC(=O)/C(=C\c1ccc2c(c1)OCO2)NC(=O)c1ccccc1OC. The van der Waals surface area contributed by atoms with Crippen LogP contribution in [-0.4, -0.2) is 32.8 Å². The van der Waals surface area contributed by atoms with E-state index in [1.807, 2.05) is 0 Å². The third kappa shape index (κ3) is 3.61. The molecule has 2 aromatic rings. The van der Waals surface area contributed by atoms with Crippen LogP contribution in [0.5, 0.6) is 17.2 Å². The van der Waals surface area contributed by atoms with Crippen LogP contribution in [0.3, 0.4) is 0 Å². The molecule has 7 heteroatoms. The van der Waals surface area contributed by atoms with Crippen molar-refractivity contribution in [3.8, 4) is 17.2 Å². The van der Waals surface area contributed by atoms with Gasteiger partial charge in [-0.1, -0.05) is 18.2 Å². The lowest BCUT2D eigenvalue weighted by Crippen LogP contribution is -2.33. The predicted octanol–water partition coefficient (Wildman–Crippen LogP) is 1.94. The van der Waals surface area contributed by atoms with Gasteiger partial charge in [-0.05, 0) is 35.9 Å². The number of hydrogen-bond acceptors (Lipinski definition) is 5. The highest BCUT2D eigenvalue weighted by Gasteiger charge is 2.18. The van der Waals surface area contributed by atoms with Gasteiger partial charge in [-0.2, -0.15) is 0 Å². The Morgan fingerprint density at radius 1 is 1.12 bits per heavy atom. The molecule has 0 radical (unpaired) electrons. The Hall–Kier alpha value is -3.48. The van der Waals surface area contributed by atoms with Gasteiger partial charge in [0.1, 0.15) is 11.4 Å². The molecule has 1 aliphatic rings. The first-order valence-corrected chi connectivity index (χ1v) is 7.90. The van der Waals surface area contributed by atoms with Crippen LogP contribution >= 0.6 is 0 Å². The van der Waals surface area contributed by atoms with Crippen molar-refractivity contribution in [3.05, 3.63) is 59.3 Å². The summed E-state index contributed by atoms with van der Waals surface area (Å²) >= 11 is 0. The van der Waals surface area contributed by atoms with Gasteiger partial charge in [0, 0.05) is 7.05 Å². The highest BCUT2D eigenvalue weighted by atomic mass is 16.7. The number of hydrogen-bond donors (Lipinski definition) is 2. The zero-order chi connectivity index (χ0) is 18.5. The van der Waals surface area contributed by atoms with E-state index in [4.69, 9.17) is 14.2 Å². The largest absolute Gasteiger partial charge is 0.496 e. The fourth-order valence-corrected chi connectivity index (χ4v) is 2.48. The maximum Gasteiger partial charge on any atom is 0.267 e. The van der Waals surface area contributed by atoms with E-state index in [2.05, 4.69) is 10.6 Å². The quantitative estimate of drug-likeness (QED) is 0.802. The number of benzene rings is 2. The summed E-state index contributed by atoms with van der Waals surface area (Å²) < 4.78 is 15.8. The molecular weight excluding hydrogens is 336 g/mol. The summed E-state index contributed by atoms with van der Waals surface area (Å²) in [5, 5.41) is 5.15. The zero-order valence-electron chi connectivity index (χ0n) is 14.4. The molecule has 0 aromatic heterocycles. The Morgan fingerprint density at radius 2 is 1.88 bits per heavy atom. The maximum atomic E-state index is 12.6. The minimum absolute atomic E-state index is 0.0993. The van der Waals surface area contributed by atoms with Crippen molar-refractivity contribution in [1.29, 1.82) is 0 Å². The van der Waals surface area contributed by atoms with Gasteiger partial charge in [-0.25, -0.2) is 0 Å². The summed E-state index contributed by atoms with van der Waals surface area (Å²) in [6, 6.07) is 12.0. The highest BCUT2D eigenvalue weighted by molar-refractivity contribution is 6.06. The fraction of sp³-hybridized carbons (Fsp3) is 0.158. The van der Waals surface area contributed by atoms with Crippen molar-refractivity contribution in [3.63, 3.8) is 0 Å². The summed E-state index contributed by atoms with van der Waals surface area (Å²) in [7, 11) is 2.97. The molecule has 7 nitrogen and oxygen atoms in total. The molecule has 2 N–H and O–H groups in total. The summed E-state index contributed by atoms with van der Waals surface area (Å²) in [6.07, 6.45) is 1.56. The van der Waals surface area contributed by atoms with E-state index in [-0.39, 0.29) is 12.5 Å². The Labute approximate surface area is 150 Å². The number of carbonyl (C=O) groups is 2. The van der Waals surface area contributed by atoms with E-state index < -0.39 is 11.8 Å². The number of rotatable bonds is 5. The van der Waals surface area contributed by atoms with Crippen LogP contribution in [-0.2, 0) is 4.79 Å². The molecule has 2 aromatic carbocycles. The van der Waals surface area contributed by atoms with E-state index in [0.29, 0.717) is 28.4 Å². The number of amides is 2. The van der Waals surface area contributed by atoms with Crippen molar-refractivity contribution in [2.75, 3.05) is 21.0 Å². The minimum Gasteiger partial charge on any atom is -0.496 e. The topological polar surface area (TPSA) is 85.9 Å². The standard InChI is InChI=1S/C19H18N2O5/c1-20-19(23)14(9-12-7-8-16-17(10-12)26-11-25-16)21-18(22)13-5-3-4-6-15(13)24-2/h3-10H,11H2,1-2H3,(H,20,23)(H,21,22)/b14-9+. The fourth-order valence-electron chi connectivity index (χ4n) is 2.48. The van der Waals surface area contributed by atoms with Gasteiger partial charge < -0.3 is 24.8 Å². The van der Waals surface area contributed by atoms with Gasteiger partial charge in [-0.15, -0.1) is 0 Å². The molecule has 3 rings (SSSR count). The first-order chi connectivity index (χ1) is 12.6. The van der Waals surface area contributed by atoms with Gasteiger partial charge >= 0.3 is 0 Å². The average Bonchev–Trinajstić information content (AvgIpc) is 3.14. The van der Waals surface area contributed by atoms with Crippen molar-refractivity contribution in [1.82, 2.24) is 10.6 Å². The summed E-state index contributed by atoms with van der Waals surface area (Å²) in [6.45, 7) is 0.162. The number of nitrogens with one attached hydrogen (secondary N) is 2. The molecule has 0 unspecified atom stereocenters. The summed E-state index contributed by atoms with van der Waals surface area (Å²) in [4.78, 5) is 24.8. The number of carbonyl (C=O) groups excluding carboxylic acids is 2. The third-order valence-corrected chi connectivity index (χ3v) is 3.78. The Balaban J connectivity index is 1.89. The van der Waals surface area contributed by atoms with Crippen molar-refractivity contribution < 1.29 is 23.8 Å². The van der Waals surface area contributed by atoms with Gasteiger partial charge in [0.15, 0.2) is 11.5 Å². The normalized spacial score (nSPS) is 12.5. The van der Waals surface area contributed by atoms with Crippen LogP contribution < -0.4 is 24.8 Å². The van der Waals surface area contributed by atoms with Crippen LogP contribution in [0.4, 0.5) is 0 Å². The molecule has 134 valence electrons. The van der Waals surface area contributed by atoms with Gasteiger partial charge in [0.2, 0.25) is 6.79 Å². The smallest absolute Gasteiger partial charge is 0.267 e. The summed E-state index contributed by atoms with van der Waals surface area (Å²) in [5.41, 5.74) is 1.12. The highest BCUT2D eigenvalue weighted by Crippen LogP contribution is 2.33. The van der Waals surface area contributed by atoms with E-state index in [0.717, 1.165) is 0 Å². The van der Waals surface area contributed by atoms with E-state index in [9.17, 15) is 9.59 Å². The van der Waals surface area contributed by atoms with Gasteiger partial charge in [0.05, 0.1) is 12.7 Å². The van der Waals surface area contributed by atoms with E-state index in [1.54, 1.807) is 48.5 Å². The number of para-hydroxylation sites is 1. The number of ether oxygens (including phenoxy) is 3. The molecular formula is C19H18N2O5. The second kappa shape index (κ2) is 7.60. The minimum atomic E-state index is -0.446. The van der Waals surface area contributed by atoms with Crippen LogP contribution in [0, 0.1) is 0 Å². The van der Waals surface area contributed by atoms with Crippen LogP contribution in [0.15, 0.2) is 48.2 Å². The Bertz CT molecular complexity index is 876. The van der Waals surface area contributed by atoms with Gasteiger partial charge in [-0.3, -0.25) is 9.59 Å². The van der Waals surface area contributed by atoms with E-state index in [1.165, 1.54) is 14.2 Å². The lowest BCUT2D eigenvalue weighted by molar-refractivity contribution is -0.117.